The third kappa shape index (κ3) is 6.33. The lowest BCUT2D eigenvalue weighted by Crippen LogP contribution is -2.45. The van der Waals surface area contributed by atoms with Crippen LogP contribution in [0.2, 0.25) is 0 Å². The van der Waals surface area contributed by atoms with Gasteiger partial charge in [-0.05, 0) is 31.4 Å². The Morgan fingerprint density at radius 1 is 1.20 bits per heavy atom. The average Bonchev–Trinajstić information content (AvgIpc) is 2.44. The van der Waals surface area contributed by atoms with Crippen molar-refractivity contribution in [1.29, 1.82) is 0 Å². The second-order valence-corrected chi connectivity index (χ2v) is 4.74. The molecule has 1 aromatic rings. The number of carbonyl (C=O) groups excluding carboxylic acids is 2. The Hall–Kier alpha value is -1.88. The van der Waals surface area contributed by atoms with Crippen LogP contribution in [0, 0.1) is 0 Å². The van der Waals surface area contributed by atoms with Gasteiger partial charge in [0, 0.05) is 13.5 Å². The van der Waals surface area contributed by atoms with Crippen LogP contribution in [0.4, 0.5) is 0 Å². The molecule has 0 saturated carbocycles. The van der Waals surface area contributed by atoms with Crippen LogP contribution >= 0.6 is 0 Å². The van der Waals surface area contributed by atoms with E-state index in [1.54, 1.807) is 0 Å². The Morgan fingerprint density at radius 2 is 1.90 bits per heavy atom. The van der Waals surface area contributed by atoms with Crippen LogP contribution in [0.25, 0.3) is 0 Å². The van der Waals surface area contributed by atoms with Crippen LogP contribution in [0.5, 0.6) is 0 Å². The lowest BCUT2D eigenvalue weighted by molar-refractivity contribution is -0.128. The average molecular weight is 277 g/mol. The Bertz CT molecular complexity index is 420. The minimum absolute atomic E-state index is 0.152. The fourth-order valence-corrected chi connectivity index (χ4v) is 1.92. The largest absolute Gasteiger partial charge is 0.350 e. The van der Waals surface area contributed by atoms with E-state index in [1.807, 2.05) is 30.3 Å². The summed E-state index contributed by atoms with van der Waals surface area (Å²) >= 11 is 0. The Kier molecular flexibility index (Phi) is 7.35. The molecule has 0 aliphatic carbocycles. The highest BCUT2D eigenvalue weighted by Gasteiger charge is 2.18. The summed E-state index contributed by atoms with van der Waals surface area (Å²) in [7, 11) is 0. The van der Waals surface area contributed by atoms with Crippen LogP contribution in [0.15, 0.2) is 30.3 Å². The van der Waals surface area contributed by atoms with E-state index in [-0.39, 0.29) is 11.8 Å². The lowest BCUT2D eigenvalue weighted by Gasteiger charge is -2.17. The van der Waals surface area contributed by atoms with Crippen molar-refractivity contribution in [2.75, 3.05) is 6.54 Å². The molecule has 4 N–H and O–H groups in total. The predicted molar refractivity (Wildman–Crippen MR) is 78.8 cm³/mol. The SMILES string of the molecule is CC(=O)NC(CCCCN)C(=O)NCc1ccccc1. The Labute approximate surface area is 119 Å². The summed E-state index contributed by atoms with van der Waals surface area (Å²) in [6.45, 7) is 2.48. The second-order valence-electron chi connectivity index (χ2n) is 4.74. The van der Waals surface area contributed by atoms with E-state index < -0.39 is 6.04 Å². The maximum Gasteiger partial charge on any atom is 0.242 e. The minimum Gasteiger partial charge on any atom is -0.350 e. The number of hydrogen-bond donors (Lipinski definition) is 3. The molecule has 2 amide bonds. The summed E-state index contributed by atoms with van der Waals surface area (Å²) in [6, 6.07) is 9.19. The van der Waals surface area contributed by atoms with Crippen molar-refractivity contribution >= 4 is 11.8 Å². The summed E-state index contributed by atoms with van der Waals surface area (Å²) in [5, 5.41) is 5.53. The van der Waals surface area contributed by atoms with Crippen LogP contribution in [-0.2, 0) is 16.1 Å². The van der Waals surface area contributed by atoms with Crippen molar-refractivity contribution in [3.05, 3.63) is 35.9 Å². The molecule has 0 bridgehead atoms. The van der Waals surface area contributed by atoms with Gasteiger partial charge in [0.25, 0.3) is 0 Å². The highest BCUT2D eigenvalue weighted by atomic mass is 16.2. The van der Waals surface area contributed by atoms with E-state index in [0.717, 1.165) is 18.4 Å². The first-order chi connectivity index (χ1) is 9.63. The molecule has 0 aromatic heterocycles. The molecule has 0 aliphatic rings. The van der Waals surface area contributed by atoms with E-state index in [2.05, 4.69) is 10.6 Å². The van der Waals surface area contributed by atoms with E-state index in [1.165, 1.54) is 6.92 Å². The van der Waals surface area contributed by atoms with Gasteiger partial charge in [0.15, 0.2) is 0 Å². The quantitative estimate of drug-likeness (QED) is 0.618. The zero-order valence-electron chi connectivity index (χ0n) is 11.9. The number of benzene rings is 1. The van der Waals surface area contributed by atoms with Crippen LogP contribution < -0.4 is 16.4 Å². The number of carbonyl (C=O) groups is 2. The summed E-state index contributed by atoms with van der Waals surface area (Å²) in [5.74, 6) is -0.348. The van der Waals surface area contributed by atoms with E-state index >= 15 is 0 Å². The van der Waals surface area contributed by atoms with Gasteiger partial charge in [-0.15, -0.1) is 0 Å². The fraction of sp³-hybridized carbons (Fsp3) is 0.467. The summed E-state index contributed by atoms with van der Waals surface area (Å²) in [4.78, 5) is 23.2. The molecule has 0 spiro atoms. The number of amides is 2. The van der Waals surface area contributed by atoms with E-state index in [9.17, 15) is 9.59 Å². The molecule has 0 heterocycles. The van der Waals surface area contributed by atoms with Crippen LogP contribution in [0.1, 0.15) is 31.7 Å². The maximum atomic E-state index is 12.1. The standard InChI is InChI=1S/C15H23N3O2/c1-12(19)18-14(9-5-6-10-16)15(20)17-11-13-7-3-2-4-8-13/h2-4,7-8,14H,5-6,9-11,16H2,1H3,(H,17,20)(H,18,19). The van der Waals surface area contributed by atoms with Crippen LogP contribution in [-0.4, -0.2) is 24.4 Å². The van der Waals surface area contributed by atoms with Gasteiger partial charge in [-0.1, -0.05) is 30.3 Å². The topological polar surface area (TPSA) is 84.2 Å². The molecule has 1 rings (SSSR count). The van der Waals surface area contributed by atoms with Gasteiger partial charge in [-0.3, -0.25) is 9.59 Å². The number of nitrogens with two attached hydrogens (primary N) is 1. The van der Waals surface area contributed by atoms with Crippen molar-refractivity contribution in [3.63, 3.8) is 0 Å². The Balaban J connectivity index is 2.47. The number of rotatable bonds is 8. The zero-order chi connectivity index (χ0) is 14.8. The van der Waals surface area contributed by atoms with Gasteiger partial charge in [0.1, 0.15) is 6.04 Å². The van der Waals surface area contributed by atoms with Crippen molar-refractivity contribution in [2.45, 2.75) is 38.8 Å². The smallest absolute Gasteiger partial charge is 0.242 e. The summed E-state index contributed by atoms with van der Waals surface area (Å²) in [5.41, 5.74) is 6.47. The number of hydrogen-bond acceptors (Lipinski definition) is 3. The second kappa shape index (κ2) is 9.09. The van der Waals surface area contributed by atoms with E-state index in [0.29, 0.717) is 19.5 Å². The molecule has 5 nitrogen and oxygen atoms in total. The van der Waals surface area contributed by atoms with Gasteiger partial charge >= 0.3 is 0 Å². The van der Waals surface area contributed by atoms with Gasteiger partial charge in [0.05, 0.1) is 0 Å². The number of nitrogens with one attached hydrogen (secondary N) is 2. The molecule has 110 valence electrons. The minimum atomic E-state index is -0.484. The highest BCUT2D eigenvalue weighted by Crippen LogP contribution is 2.02. The monoisotopic (exact) mass is 277 g/mol. The molecular weight excluding hydrogens is 254 g/mol. The third-order valence-electron chi connectivity index (χ3n) is 2.95. The molecule has 1 atom stereocenters. The van der Waals surface area contributed by atoms with E-state index in [4.69, 9.17) is 5.73 Å². The maximum absolute atomic E-state index is 12.1. The molecule has 1 aromatic carbocycles. The number of unbranched alkanes of at least 4 members (excludes halogenated alkanes) is 1. The molecule has 20 heavy (non-hydrogen) atoms. The van der Waals surface area contributed by atoms with Crippen LogP contribution in [0.3, 0.4) is 0 Å². The highest BCUT2D eigenvalue weighted by molar-refractivity contribution is 5.86. The molecule has 0 fully saturated rings. The van der Waals surface area contributed by atoms with Crippen molar-refractivity contribution in [1.82, 2.24) is 10.6 Å². The Morgan fingerprint density at radius 3 is 2.50 bits per heavy atom. The van der Waals surface area contributed by atoms with Crippen molar-refractivity contribution in [3.8, 4) is 0 Å². The first-order valence-corrected chi connectivity index (χ1v) is 6.92. The zero-order valence-corrected chi connectivity index (χ0v) is 11.9. The van der Waals surface area contributed by atoms with Crippen molar-refractivity contribution in [2.24, 2.45) is 5.73 Å². The van der Waals surface area contributed by atoms with Gasteiger partial charge in [-0.2, -0.15) is 0 Å². The summed E-state index contributed by atoms with van der Waals surface area (Å²) < 4.78 is 0. The predicted octanol–water partition coefficient (Wildman–Crippen LogP) is 0.937. The van der Waals surface area contributed by atoms with Gasteiger partial charge in [0.2, 0.25) is 11.8 Å². The lowest BCUT2D eigenvalue weighted by atomic mass is 10.1. The first kappa shape index (κ1) is 16.2. The fourth-order valence-electron chi connectivity index (χ4n) is 1.92. The molecular formula is C15H23N3O2. The normalized spacial score (nSPS) is 11.7. The van der Waals surface area contributed by atoms with Gasteiger partial charge < -0.3 is 16.4 Å². The first-order valence-electron chi connectivity index (χ1n) is 6.92. The molecule has 0 radical (unpaired) electrons. The molecule has 0 aliphatic heterocycles. The molecule has 1 unspecified atom stereocenters. The summed E-state index contributed by atoms with van der Waals surface area (Å²) in [6.07, 6.45) is 2.28. The molecule has 5 heteroatoms. The molecule has 0 saturated heterocycles. The van der Waals surface area contributed by atoms with Crippen molar-refractivity contribution < 1.29 is 9.59 Å². The van der Waals surface area contributed by atoms with Gasteiger partial charge in [-0.25, -0.2) is 0 Å². The third-order valence-corrected chi connectivity index (χ3v) is 2.95.